The Morgan fingerprint density at radius 2 is 1.62 bits per heavy atom. The number of hydrogen-bond acceptors (Lipinski definition) is 2. The van der Waals surface area contributed by atoms with Gasteiger partial charge in [0.15, 0.2) is 0 Å². The van der Waals surface area contributed by atoms with Crippen LogP contribution in [0.1, 0.15) is 107 Å². The van der Waals surface area contributed by atoms with Crippen LogP contribution in [0.2, 0.25) is 0 Å². The fourth-order valence-electron chi connectivity index (χ4n) is 6.22. The lowest BCUT2D eigenvalue weighted by Crippen LogP contribution is -2.30. The first kappa shape index (κ1) is 27.5. The molecule has 200 valence electrons. The fourth-order valence-corrected chi connectivity index (χ4v) is 6.22. The van der Waals surface area contributed by atoms with E-state index in [1.165, 1.54) is 18.6 Å². The lowest BCUT2D eigenvalue weighted by atomic mass is 9.78. The lowest BCUT2D eigenvalue weighted by molar-refractivity contribution is -0.157. The van der Waals surface area contributed by atoms with Crippen molar-refractivity contribution in [3.63, 3.8) is 0 Å². The Labute approximate surface area is 221 Å². The molecule has 4 heteroatoms. The van der Waals surface area contributed by atoms with E-state index in [4.69, 9.17) is 4.74 Å². The maximum absolute atomic E-state index is 15.0. The second-order valence-corrected chi connectivity index (χ2v) is 11.3. The first-order chi connectivity index (χ1) is 17.9. The molecule has 1 atom stereocenters. The number of halogens is 2. The van der Waals surface area contributed by atoms with Gasteiger partial charge in [0.05, 0.1) is 5.92 Å². The van der Waals surface area contributed by atoms with Crippen LogP contribution in [0.25, 0.3) is 0 Å². The smallest absolute Gasteiger partial charge is 0.309 e. The van der Waals surface area contributed by atoms with Gasteiger partial charge in [-0.2, -0.15) is 0 Å². The summed E-state index contributed by atoms with van der Waals surface area (Å²) in [5.41, 5.74) is 1.95. The second kappa shape index (κ2) is 13.3. The minimum atomic E-state index is -0.458. The third-order valence-corrected chi connectivity index (χ3v) is 8.63. The van der Waals surface area contributed by atoms with E-state index in [0.29, 0.717) is 12.0 Å². The molecular weight excluding hydrogens is 466 g/mol. The van der Waals surface area contributed by atoms with Crippen LogP contribution in [0.15, 0.2) is 54.6 Å². The van der Waals surface area contributed by atoms with Crippen molar-refractivity contribution in [1.29, 1.82) is 0 Å². The predicted octanol–water partition coefficient (Wildman–Crippen LogP) is 9.04. The van der Waals surface area contributed by atoms with Gasteiger partial charge in [-0.3, -0.25) is 4.79 Å². The molecule has 0 heterocycles. The topological polar surface area (TPSA) is 26.3 Å². The van der Waals surface area contributed by atoms with Gasteiger partial charge < -0.3 is 4.74 Å². The number of rotatable bonds is 9. The molecular formula is C33H42F2O2. The van der Waals surface area contributed by atoms with Gasteiger partial charge in [-0.25, -0.2) is 8.78 Å². The number of hydrogen-bond donors (Lipinski definition) is 0. The Kier molecular flexibility index (Phi) is 9.94. The molecule has 2 aliphatic rings. The molecule has 0 saturated heterocycles. The van der Waals surface area contributed by atoms with Crippen molar-refractivity contribution in [1.82, 2.24) is 0 Å². The van der Waals surface area contributed by atoms with Crippen molar-refractivity contribution in [2.75, 3.05) is 0 Å². The summed E-state index contributed by atoms with van der Waals surface area (Å²) in [5.74, 6) is -0.216. The van der Waals surface area contributed by atoms with E-state index < -0.39 is 11.6 Å². The number of allylic oxidation sites excluding steroid dienone is 2. The van der Waals surface area contributed by atoms with E-state index in [9.17, 15) is 4.79 Å². The number of carbonyl (C=O) groups excluding carboxylic acids is 1. The fraction of sp³-hybridized carbons (Fsp3) is 0.545. The van der Waals surface area contributed by atoms with Crippen molar-refractivity contribution in [2.24, 2.45) is 11.8 Å². The molecule has 0 spiro atoms. The Bertz CT molecular complexity index is 1010. The quantitative estimate of drug-likeness (QED) is 0.249. The van der Waals surface area contributed by atoms with E-state index in [0.717, 1.165) is 69.3 Å². The molecule has 1 unspecified atom stereocenters. The zero-order valence-electron chi connectivity index (χ0n) is 22.4. The summed E-state index contributed by atoms with van der Waals surface area (Å²) in [4.78, 5) is 12.8. The van der Waals surface area contributed by atoms with Gasteiger partial charge in [0, 0.05) is 5.56 Å². The molecule has 0 amide bonds. The lowest BCUT2D eigenvalue weighted by Gasteiger charge is -2.31. The molecule has 2 fully saturated rings. The third-order valence-electron chi connectivity index (χ3n) is 8.63. The summed E-state index contributed by atoms with van der Waals surface area (Å²) >= 11 is 0. The molecule has 37 heavy (non-hydrogen) atoms. The zero-order valence-corrected chi connectivity index (χ0v) is 22.4. The molecule has 0 bridgehead atoms. The number of ether oxygens (including phenoxy) is 1. The standard InChI is InChI=1S/C33H42F2O2/c1-3-4-6-9-24-12-18-29(19-13-24)37-33(36)27-16-14-26(15-17-27)28-21-31(34)30(32(35)22-28)20-23(2)25-10-7-5-8-11-25/h3-5,7-8,10-11,21-24,26-27,29H,6,9,12-20H2,1-2H3/b4-3+. The molecule has 0 aromatic heterocycles. The van der Waals surface area contributed by atoms with Crippen LogP contribution in [-0.2, 0) is 16.0 Å². The summed E-state index contributed by atoms with van der Waals surface area (Å²) in [6.45, 7) is 4.06. The van der Waals surface area contributed by atoms with Crippen molar-refractivity contribution in [3.05, 3.63) is 82.9 Å². The maximum Gasteiger partial charge on any atom is 0.309 e. The van der Waals surface area contributed by atoms with E-state index in [1.54, 1.807) is 0 Å². The molecule has 0 aliphatic heterocycles. The highest BCUT2D eigenvalue weighted by molar-refractivity contribution is 5.72. The number of esters is 1. The van der Waals surface area contributed by atoms with Crippen LogP contribution in [0, 0.1) is 23.5 Å². The van der Waals surface area contributed by atoms with Gasteiger partial charge in [-0.15, -0.1) is 0 Å². The van der Waals surface area contributed by atoms with E-state index in [-0.39, 0.29) is 35.4 Å². The normalized spacial score (nSPS) is 25.2. The molecule has 2 aromatic rings. The number of carbonyl (C=O) groups is 1. The maximum atomic E-state index is 15.0. The zero-order chi connectivity index (χ0) is 26.2. The van der Waals surface area contributed by atoms with E-state index in [2.05, 4.69) is 19.1 Å². The van der Waals surface area contributed by atoms with Crippen molar-refractivity contribution in [3.8, 4) is 0 Å². The van der Waals surface area contributed by atoms with Crippen LogP contribution in [0.3, 0.4) is 0 Å². The van der Waals surface area contributed by atoms with Gasteiger partial charge in [0.2, 0.25) is 0 Å². The highest BCUT2D eigenvalue weighted by Crippen LogP contribution is 2.38. The third kappa shape index (κ3) is 7.52. The van der Waals surface area contributed by atoms with Gasteiger partial charge in [-0.05, 0) is 119 Å². The minimum absolute atomic E-state index is 0.0331. The van der Waals surface area contributed by atoms with E-state index >= 15 is 8.78 Å². The Morgan fingerprint density at radius 1 is 0.973 bits per heavy atom. The number of benzene rings is 2. The first-order valence-electron chi connectivity index (χ1n) is 14.3. The highest BCUT2D eigenvalue weighted by atomic mass is 19.1. The van der Waals surface area contributed by atoms with Crippen LogP contribution in [0.4, 0.5) is 8.78 Å². The molecule has 2 aromatic carbocycles. The Balaban J connectivity index is 1.25. The van der Waals surface area contributed by atoms with Gasteiger partial charge in [0.25, 0.3) is 0 Å². The van der Waals surface area contributed by atoms with Crippen molar-refractivity contribution in [2.45, 2.75) is 102 Å². The summed E-state index contributed by atoms with van der Waals surface area (Å²) < 4.78 is 35.9. The Morgan fingerprint density at radius 3 is 2.24 bits per heavy atom. The Hall–Kier alpha value is -2.49. The molecule has 2 aliphatic carbocycles. The molecule has 0 radical (unpaired) electrons. The van der Waals surface area contributed by atoms with Gasteiger partial charge in [0.1, 0.15) is 17.7 Å². The van der Waals surface area contributed by atoms with Crippen molar-refractivity contribution >= 4 is 5.97 Å². The molecule has 2 saturated carbocycles. The molecule has 0 N–H and O–H groups in total. The largest absolute Gasteiger partial charge is 0.462 e. The van der Waals surface area contributed by atoms with Gasteiger partial charge in [-0.1, -0.05) is 49.4 Å². The summed E-state index contributed by atoms with van der Waals surface area (Å²) in [7, 11) is 0. The molecule has 4 rings (SSSR count). The molecule has 2 nitrogen and oxygen atoms in total. The minimum Gasteiger partial charge on any atom is -0.462 e. The van der Waals surface area contributed by atoms with E-state index in [1.807, 2.05) is 37.3 Å². The first-order valence-corrected chi connectivity index (χ1v) is 14.3. The van der Waals surface area contributed by atoms with Crippen molar-refractivity contribution < 1.29 is 18.3 Å². The average molecular weight is 509 g/mol. The van der Waals surface area contributed by atoms with Gasteiger partial charge >= 0.3 is 5.97 Å². The SMILES string of the molecule is C/C=C/CCC1CCC(OC(=O)C2CCC(c3cc(F)c(CC(C)c4ccccc4)c(F)c3)CC2)CC1. The van der Waals surface area contributed by atoms with Crippen LogP contribution in [0.5, 0.6) is 0 Å². The summed E-state index contributed by atoms with van der Waals surface area (Å²) in [6, 6.07) is 12.9. The summed E-state index contributed by atoms with van der Waals surface area (Å²) in [6.07, 6.45) is 14.3. The van der Waals surface area contributed by atoms with Crippen LogP contribution >= 0.6 is 0 Å². The summed E-state index contributed by atoms with van der Waals surface area (Å²) in [5, 5.41) is 0. The van der Waals surface area contributed by atoms with Crippen LogP contribution < -0.4 is 0 Å². The van der Waals surface area contributed by atoms with Crippen LogP contribution in [-0.4, -0.2) is 12.1 Å². The average Bonchev–Trinajstić information content (AvgIpc) is 2.92. The highest BCUT2D eigenvalue weighted by Gasteiger charge is 2.31. The second-order valence-electron chi connectivity index (χ2n) is 11.3. The predicted molar refractivity (Wildman–Crippen MR) is 146 cm³/mol. The monoisotopic (exact) mass is 508 g/mol.